The zero-order valence-corrected chi connectivity index (χ0v) is 7.33. The molecule has 2 aromatic heterocycles. The summed E-state index contributed by atoms with van der Waals surface area (Å²) in [6.45, 7) is 0. The number of nitrogens with one attached hydrogen (secondary N) is 3. The second-order valence-corrected chi connectivity index (χ2v) is 2.89. The van der Waals surface area contributed by atoms with Crippen molar-refractivity contribution in [3.05, 3.63) is 26.7 Å². The van der Waals surface area contributed by atoms with Gasteiger partial charge in [-0.3, -0.25) is 19.6 Å². The molecule has 0 aliphatic heterocycles. The molecule has 8 nitrogen and oxygen atoms in total. The second-order valence-electron chi connectivity index (χ2n) is 2.89. The fraction of sp³-hybridized carbons (Fsp3) is 0.143. The molecule has 2 aromatic rings. The lowest BCUT2D eigenvalue weighted by Crippen LogP contribution is -2.21. The number of carboxylic acid groups (broad SMARTS) is 1. The van der Waals surface area contributed by atoms with Crippen LogP contribution in [0, 0.1) is 0 Å². The number of aromatic amines is 3. The summed E-state index contributed by atoms with van der Waals surface area (Å²) in [5, 5.41) is 8.50. The smallest absolute Gasteiger partial charge is 0.327 e. The Hall–Kier alpha value is -2.38. The minimum Gasteiger partial charge on any atom is -0.481 e. The molecule has 0 amide bonds. The van der Waals surface area contributed by atoms with Gasteiger partial charge in [-0.25, -0.2) is 9.78 Å². The third-order valence-electron chi connectivity index (χ3n) is 1.76. The SMILES string of the molecule is O=C(O)Cc1nc2[nH]c(=O)[nH]c(=O)c2[nH]1. The normalized spacial score (nSPS) is 10.7. The number of aromatic nitrogens is 4. The van der Waals surface area contributed by atoms with E-state index in [1.807, 2.05) is 4.98 Å². The highest BCUT2D eigenvalue weighted by Gasteiger charge is 2.09. The van der Waals surface area contributed by atoms with E-state index in [2.05, 4.69) is 15.0 Å². The maximum atomic E-state index is 11.2. The first-order valence-electron chi connectivity index (χ1n) is 3.99. The van der Waals surface area contributed by atoms with Crippen molar-refractivity contribution >= 4 is 17.1 Å². The molecule has 0 atom stereocenters. The molecule has 0 aliphatic carbocycles. The average Bonchev–Trinajstić information content (AvgIpc) is 2.45. The van der Waals surface area contributed by atoms with Crippen molar-refractivity contribution < 1.29 is 9.90 Å². The van der Waals surface area contributed by atoms with E-state index in [9.17, 15) is 14.4 Å². The minimum absolute atomic E-state index is 0.0556. The fourth-order valence-corrected chi connectivity index (χ4v) is 1.21. The highest BCUT2D eigenvalue weighted by molar-refractivity contribution is 5.73. The van der Waals surface area contributed by atoms with E-state index in [-0.39, 0.29) is 23.4 Å². The van der Waals surface area contributed by atoms with Crippen molar-refractivity contribution in [2.75, 3.05) is 0 Å². The van der Waals surface area contributed by atoms with E-state index >= 15 is 0 Å². The zero-order chi connectivity index (χ0) is 11.0. The molecule has 0 saturated carbocycles. The maximum Gasteiger partial charge on any atom is 0.327 e. The van der Waals surface area contributed by atoms with Crippen molar-refractivity contribution in [2.45, 2.75) is 6.42 Å². The summed E-state index contributed by atoms with van der Waals surface area (Å²) >= 11 is 0. The molecule has 8 heteroatoms. The molecule has 2 rings (SSSR count). The standard InChI is InChI=1S/C7H6N4O4/c12-3(13)1-2-8-4-5(9-2)10-7(15)11-6(4)14/h1H2,(H,12,13)(H3,8,9,10,11,14,15). The van der Waals surface area contributed by atoms with Gasteiger partial charge in [-0.05, 0) is 0 Å². The molecule has 78 valence electrons. The molecule has 0 spiro atoms. The molecule has 0 aliphatic rings. The van der Waals surface area contributed by atoms with Gasteiger partial charge in [-0.1, -0.05) is 0 Å². The van der Waals surface area contributed by atoms with E-state index in [4.69, 9.17) is 5.11 Å². The number of imidazole rings is 1. The maximum absolute atomic E-state index is 11.2. The molecule has 2 heterocycles. The lowest BCUT2D eigenvalue weighted by molar-refractivity contribution is -0.136. The van der Waals surface area contributed by atoms with Crippen molar-refractivity contribution in [1.29, 1.82) is 0 Å². The van der Waals surface area contributed by atoms with Crippen LogP contribution >= 0.6 is 0 Å². The summed E-state index contributed by atoms with van der Waals surface area (Å²) in [6, 6.07) is 0. The summed E-state index contributed by atoms with van der Waals surface area (Å²) in [4.78, 5) is 43.0. The first-order chi connectivity index (χ1) is 7.06. The molecular weight excluding hydrogens is 204 g/mol. The lowest BCUT2D eigenvalue weighted by Gasteiger charge is -1.85. The Morgan fingerprint density at radius 1 is 1.27 bits per heavy atom. The van der Waals surface area contributed by atoms with Gasteiger partial charge in [0.05, 0.1) is 0 Å². The van der Waals surface area contributed by atoms with Gasteiger partial charge in [0.25, 0.3) is 5.56 Å². The van der Waals surface area contributed by atoms with Gasteiger partial charge in [-0.15, -0.1) is 0 Å². The first-order valence-corrected chi connectivity index (χ1v) is 3.99. The Balaban J connectivity index is 2.65. The predicted molar refractivity (Wildman–Crippen MR) is 48.7 cm³/mol. The van der Waals surface area contributed by atoms with Crippen LogP contribution in [0.15, 0.2) is 9.59 Å². The predicted octanol–water partition coefficient (Wildman–Crippen LogP) is -1.43. The number of aliphatic carboxylic acids is 1. The van der Waals surface area contributed by atoms with Gasteiger partial charge >= 0.3 is 11.7 Å². The Morgan fingerprint density at radius 2 is 2.00 bits per heavy atom. The Labute approximate surface area is 81.0 Å². The first kappa shape index (κ1) is 9.19. The minimum atomic E-state index is -1.08. The monoisotopic (exact) mass is 210 g/mol. The molecule has 0 unspecified atom stereocenters. The van der Waals surface area contributed by atoms with E-state index in [1.165, 1.54) is 0 Å². The van der Waals surface area contributed by atoms with Crippen LogP contribution < -0.4 is 11.2 Å². The number of carboxylic acids is 1. The number of rotatable bonds is 2. The molecule has 0 saturated heterocycles. The Morgan fingerprint density at radius 3 is 2.67 bits per heavy atom. The van der Waals surface area contributed by atoms with E-state index in [0.717, 1.165) is 0 Å². The van der Waals surface area contributed by atoms with Gasteiger partial charge in [0, 0.05) is 0 Å². The quantitative estimate of drug-likeness (QED) is 0.482. The Bertz CT molecular complexity index is 634. The number of hydrogen-bond acceptors (Lipinski definition) is 4. The topological polar surface area (TPSA) is 132 Å². The number of fused-ring (bicyclic) bond motifs is 1. The third kappa shape index (κ3) is 1.64. The second kappa shape index (κ2) is 3.08. The van der Waals surface area contributed by atoms with Crippen LogP contribution in [0.4, 0.5) is 0 Å². The fourth-order valence-electron chi connectivity index (χ4n) is 1.21. The summed E-state index contributed by atoms with van der Waals surface area (Å²) in [6.07, 6.45) is -0.337. The van der Waals surface area contributed by atoms with Gasteiger partial charge in [0.2, 0.25) is 0 Å². The van der Waals surface area contributed by atoms with Crippen LogP contribution in [0.25, 0.3) is 11.2 Å². The third-order valence-corrected chi connectivity index (χ3v) is 1.76. The molecular formula is C7H6N4O4. The summed E-state index contributed by atoms with van der Waals surface area (Å²) < 4.78 is 0. The van der Waals surface area contributed by atoms with Gasteiger partial charge in [0.15, 0.2) is 5.65 Å². The van der Waals surface area contributed by atoms with Crippen LogP contribution in [0.1, 0.15) is 5.82 Å². The van der Waals surface area contributed by atoms with Crippen LogP contribution in [0.3, 0.4) is 0 Å². The van der Waals surface area contributed by atoms with Crippen molar-refractivity contribution in [3.63, 3.8) is 0 Å². The van der Waals surface area contributed by atoms with E-state index in [1.54, 1.807) is 0 Å². The van der Waals surface area contributed by atoms with Gasteiger partial charge in [-0.2, -0.15) is 0 Å². The summed E-state index contributed by atoms with van der Waals surface area (Å²) in [5.41, 5.74) is -1.19. The van der Waals surface area contributed by atoms with Crippen molar-refractivity contribution in [3.8, 4) is 0 Å². The molecule has 0 radical (unpaired) electrons. The molecule has 0 bridgehead atoms. The zero-order valence-electron chi connectivity index (χ0n) is 7.33. The highest BCUT2D eigenvalue weighted by atomic mass is 16.4. The van der Waals surface area contributed by atoms with Gasteiger partial charge in [0.1, 0.15) is 17.8 Å². The number of hydrogen-bond donors (Lipinski definition) is 4. The van der Waals surface area contributed by atoms with Crippen LogP contribution in [-0.2, 0) is 11.2 Å². The summed E-state index contributed by atoms with van der Waals surface area (Å²) in [7, 11) is 0. The molecule has 0 fully saturated rings. The average molecular weight is 210 g/mol. The number of nitrogens with zero attached hydrogens (tertiary/aromatic N) is 1. The Kier molecular flexibility index (Phi) is 1.89. The van der Waals surface area contributed by atoms with E-state index < -0.39 is 17.2 Å². The molecule has 4 N–H and O–H groups in total. The highest BCUT2D eigenvalue weighted by Crippen LogP contribution is 2.01. The largest absolute Gasteiger partial charge is 0.481 e. The van der Waals surface area contributed by atoms with Gasteiger partial charge < -0.3 is 10.1 Å². The summed E-state index contributed by atoms with van der Waals surface area (Å²) in [5.74, 6) is -0.960. The van der Waals surface area contributed by atoms with Crippen molar-refractivity contribution in [2.24, 2.45) is 0 Å². The number of H-pyrrole nitrogens is 3. The van der Waals surface area contributed by atoms with E-state index in [0.29, 0.717) is 0 Å². The van der Waals surface area contributed by atoms with Crippen molar-refractivity contribution in [1.82, 2.24) is 19.9 Å². The van der Waals surface area contributed by atoms with Crippen LogP contribution in [0.2, 0.25) is 0 Å². The molecule has 15 heavy (non-hydrogen) atoms. The number of carbonyl (C=O) groups is 1. The lowest BCUT2D eigenvalue weighted by atomic mass is 10.4. The van der Waals surface area contributed by atoms with Crippen LogP contribution in [0.5, 0.6) is 0 Å². The molecule has 0 aromatic carbocycles. The van der Waals surface area contributed by atoms with Crippen LogP contribution in [-0.4, -0.2) is 31.0 Å².